The van der Waals surface area contributed by atoms with E-state index in [1.54, 1.807) is 0 Å². The van der Waals surface area contributed by atoms with Crippen molar-refractivity contribution in [3.63, 3.8) is 0 Å². The number of nitrogens with one attached hydrogen (secondary N) is 2. The Kier molecular flexibility index (Phi) is 4.25. The van der Waals surface area contributed by atoms with Crippen LogP contribution in [-0.2, 0) is 6.18 Å². The van der Waals surface area contributed by atoms with Crippen molar-refractivity contribution in [2.24, 2.45) is 0 Å². The molecular formula is C15H17F3N4. The normalized spacial score (nSPS) is 12.1. The Morgan fingerprint density at radius 2 is 1.68 bits per heavy atom. The van der Waals surface area contributed by atoms with Gasteiger partial charge in [-0.2, -0.15) is 18.2 Å². The Balaban J connectivity index is 2.27. The van der Waals surface area contributed by atoms with Crippen molar-refractivity contribution < 1.29 is 13.2 Å². The lowest BCUT2D eigenvalue weighted by atomic mass is 10.1. The standard InChI is InChI=1S/C15H17F3N4/c1-14(2,3)22-13-19-9-8-12(21-13)20-11-7-5-4-6-10(11)15(16,17)18/h4-9H,1-3H3,(H2,19,20,21,22). The van der Waals surface area contributed by atoms with Crippen LogP contribution in [0.3, 0.4) is 0 Å². The van der Waals surface area contributed by atoms with Crippen LogP contribution in [-0.4, -0.2) is 15.5 Å². The second kappa shape index (κ2) is 5.82. The fourth-order valence-electron chi connectivity index (χ4n) is 1.80. The zero-order valence-electron chi connectivity index (χ0n) is 12.5. The zero-order valence-corrected chi connectivity index (χ0v) is 12.5. The monoisotopic (exact) mass is 310 g/mol. The Morgan fingerprint density at radius 1 is 1.00 bits per heavy atom. The lowest BCUT2D eigenvalue weighted by Crippen LogP contribution is -2.27. The maximum Gasteiger partial charge on any atom is 0.418 e. The molecule has 0 atom stereocenters. The molecule has 2 aromatic rings. The van der Waals surface area contributed by atoms with Crippen LogP contribution in [0.25, 0.3) is 0 Å². The lowest BCUT2D eigenvalue weighted by Gasteiger charge is -2.20. The van der Waals surface area contributed by atoms with E-state index in [1.165, 1.54) is 30.5 Å². The molecular weight excluding hydrogens is 293 g/mol. The lowest BCUT2D eigenvalue weighted by molar-refractivity contribution is -0.136. The molecule has 1 heterocycles. The van der Waals surface area contributed by atoms with Gasteiger partial charge in [0.2, 0.25) is 5.95 Å². The van der Waals surface area contributed by atoms with Gasteiger partial charge in [-0.1, -0.05) is 12.1 Å². The summed E-state index contributed by atoms with van der Waals surface area (Å²) in [5, 5.41) is 5.76. The van der Waals surface area contributed by atoms with E-state index in [0.29, 0.717) is 11.8 Å². The molecule has 0 aliphatic carbocycles. The van der Waals surface area contributed by atoms with E-state index in [4.69, 9.17) is 0 Å². The van der Waals surface area contributed by atoms with Crippen LogP contribution < -0.4 is 10.6 Å². The molecule has 1 aromatic heterocycles. The second-order valence-electron chi connectivity index (χ2n) is 5.81. The van der Waals surface area contributed by atoms with E-state index in [2.05, 4.69) is 20.6 Å². The van der Waals surface area contributed by atoms with Crippen LogP contribution in [0.4, 0.5) is 30.6 Å². The third-order valence-corrected chi connectivity index (χ3v) is 2.64. The molecule has 0 unspecified atom stereocenters. The molecule has 0 aliphatic rings. The van der Waals surface area contributed by atoms with Crippen molar-refractivity contribution in [3.8, 4) is 0 Å². The summed E-state index contributed by atoms with van der Waals surface area (Å²) in [6.07, 6.45) is -2.94. The summed E-state index contributed by atoms with van der Waals surface area (Å²) in [6.45, 7) is 5.82. The van der Waals surface area contributed by atoms with Crippen molar-refractivity contribution >= 4 is 17.5 Å². The van der Waals surface area contributed by atoms with Gasteiger partial charge in [-0.3, -0.25) is 0 Å². The Morgan fingerprint density at radius 3 is 2.32 bits per heavy atom. The molecule has 0 spiro atoms. The molecule has 4 nitrogen and oxygen atoms in total. The van der Waals surface area contributed by atoms with Crippen molar-refractivity contribution in [1.82, 2.24) is 9.97 Å². The third-order valence-electron chi connectivity index (χ3n) is 2.64. The first-order valence-electron chi connectivity index (χ1n) is 6.70. The topological polar surface area (TPSA) is 49.8 Å². The van der Waals surface area contributed by atoms with Gasteiger partial charge in [0.25, 0.3) is 0 Å². The van der Waals surface area contributed by atoms with Gasteiger partial charge in [0.05, 0.1) is 11.3 Å². The third kappa shape index (κ3) is 4.34. The average Bonchev–Trinajstić information content (AvgIpc) is 2.36. The number of nitrogens with zero attached hydrogens (tertiary/aromatic N) is 2. The van der Waals surface area contributed by atoms with Gasteiger partial charge < -0.3 is 10.6 Å². The van der Waals surface area contributed by atoms with Crippen LogP contribution in [0.5, 0.6) is 0 Å². The molecule has 2 N–H and O–H groups in total. The molecule has 0 radical (unpaired) electrons. The van der Waals surface area contributed by atoms with E-state index in [1.807, 2.05) is 20.8 Å². The highest BCUT2D eigenvalue weighted by Crippen LogP contribution is 2.35. The number of halogens is 3. The minimum atomic E-state index is -4.43. The molecule has 7 heteroatoms. The van der Waals surface area contributed by atoms with Crippen LogP contribution in [0, 0.1) is 0 Å². The van der Waals surface area contributed by atoms with E-state index in [9.17, 15) is 13.2 Å². The number of benzene rings is 1. The van der Waals surface area contributed by atoms with Crippen LogP contribution in [0.15, 0.2) is 36.5 Å². The van der Waals surface area contributed by atoms with Crippen molar-refractivity contribution in [3.05, 3.63) is 42.1 Å². The summed E-state index contributed by atoms with van der Waals surface area (Å²) >= 11 is 0. The summed E-state index contributed by atoms with van der Waals surface area (Å²) in [7, 11) is 0. The average molecular weight is 310 g/mol. The van der Waals surface area contributed by atoms with Gasteiger partial charge in [0, 0.05) is 11.7 Å². The molecule has 22 heavy (non-hydrogen) atoms. The number of rotatable bonds is 3. The quantitative estimate of drug-likeness (QED) is 0.879. The molecule has 0 fully saturated rings. The Bertz CT molecular complexity index is 648. The Labute approximate surface area is 126 Å². The van der Waals surface area contributed by atoms with Crippen LogP contribution >= 0.6 is 0 Å². The molecule has 0 bridgehead atoms. The van der Waals surface area contributed by atoms with Crippen LogP contribution in [0.2, 0.25) is 0 Å². The highest BCUT2D eigenvalue weighted by Gasteiger charge is 2.33. The van der Waals surface area contributed by atoms with Crippen molar-refractivity contribution in [2.45, 2.75) is 32.5 Å². The van der Waals surface area contributed by atoms with Gasteiger partial charge in [-0.25, -0.2) is 4.98 Å². The van der Waals surface area contributed by atoms with Gasteiger partial charge in [-0.05, 0) is 39.0 Å². The molecule has 1 aromatic carbocycles. The summed E-state index contributed by atoms with van der Waals surface area (Å²) < 4.78 is 38.9. The van der Waals surface area contributed by atoms with Crippen molar-refractivity contribution in [1.29, 1.82) is 0 Å². The zero-order chi connectivity index (χ0) is 16.4. The second-order valence-corrected chi connectivity index (χ2v) is 5.81. The van der Waals surface area contributed by atoms with E-state index >= 15 is 0 Å². The minimum absolute atomic E-state index is 0.0459. The number of aromatic nitrogens is 2. The first kappa shape index (κ1) is 16.1. The fourth-order valence-corrected chi connectivity index (χ4v) is 1.80. The minimum Gasteiger partial charge on any atom is -0.350 e. The predicted octanol–water partition coefficient (Wildman–Crippen LogP) is 4.45. The number of hydrogen-bond acceptors (Lipinski definition) is 4. The Hall–Kier alpha value is -2.31. The van der Waals surface area contributed by atoms with E-state index < -0.39 is 11.7 Å². The first-order chi connectivity index (χ1) is 10.1. The largest absolute Gasteiger partial charge is 0.418 e. The molecule has 2 rings (SSSR count). The maximum absolute atomic E-state index is 13.0. The SMILES string of the molecule is CC(C)(C)Nc1nccc(Nc2ccccc2C(F)(F)F)n1. The molecule has 118 valence electrons. The molecule has 0 aliphatic heterocycles. The van der Waals surface area contributed by atoms with Crippen LogP contribution in [0.1, 0.15) is 26.3 Å². The number of hydrogen-bond donors (Lipinski definition) is 2. The van der Waals surface area contributed by atoms with Gasteiger partial charge in [-0.15, -0.1) is 0 Å². The first-order valence-corrected chi connectivity index (χ1v) is 6.70. The highest BCUT2D eigenvalue weighted by atomic mass is 19.4. The van der Waals surface area contributed by atoms with E-state index in [0.717, 1.165) is 6.07 Å². The number of anilines is 3. The smallest absolute Gasteiger partial charge is 0.350 e. The maximum atomic E-state index is 13.0. The summed E-state index contributed by atoms with van der Waals surface area (Å²) in [6, 6.07) is 6.79. The predicted molar refractivity (Wildman–Crippen MR) is 80.1 cm³/mol. The summed E-state index contributed by atoms with van der Waals surface area (Å²) in [5.41, 5.74) is -1.03. The highest BCUT2D eigenvalue weighted by molar-refractivity contribution is 5.61. The number of para-hydroxylation sites is 1. The van der Waals surface area contributed by atoms with Gasteiger partial charge >= 0.3 is 6.18 Å². The van der Waals surface area contributed by atoms with Gasteiger partial charge in [0.1, 0.15) is 5.82 Å². The van der Waals surface area contributed by atoms with E-state index in [-0.39, 0.29) is 11.2 Å². The fraction of sp³-hybridized carbons (Fsp3) is 0.333. The molecule has 0 saturated carbocycles. The number of alkyl halides is 3. The van der Waals surface area contributed by atoms with Gasteiger partial charge in [0.15, 0.2) is 0 Å². The molecule has 0 amide bonds. The summed E-state index contributed by atoms with van der Waals surface area (Å²) in [4.78, 5) is 8.23. The molecule has 0 saturated heterocycles. The summed E-state index contributed by atoms with van der Waals surface area (Å²) in [5.74, 6) is 0.639. The van der Waals surface area contributed by atoms with Crippen molar-refractivity contribution in [2.75, 3.05) is 10.6 Å².